The molecule has 3 amide bonds. The third-order valence-corrected chi connectivity index (χ3v) is 4.97. The zero-order chi connectivity index (χ0) is 19.4. The Labute approximate surface area is 161 Å². The molecule has 1 aromatic heterocycles. The molecule has 6 nitrogen and oxygen atoms in total. The van der Waals surface area contributed by atoms with Crippen molar-refractivity contribution in [2.24, 2.45) is 0 Å². The molecule has 0 spiro atoms. The normalized spacial score (nSPS) is 10.3. The number of rotatable bonds is 4. The van der Waals surface area contributed by atoms with Gasteiger partial charge < -0.3 is 10.6 Å². The number of para-hydroxylation sites is 1. The van der Waals surface area contributed by atoms with Crippen molar-refractivity contribution in [3.05, 3.63) is 70.2 Å². The van der Waals surface area contributed by atoms with E-state index in [0.717, 1.165) is 28.2 Å². The van der Waals surface area contributed by atoms with E-state index in [-0.39, 0.29) is 5.91 Å². The summed E-state index contributed by atoms with van der Waals surface area (Å²) in [7, 11) is 0. The lowest BCUT2D eigenvalue weighted by Gasteiger charge is -2.08. The summed E-state index contributed by atoms with van der Waals surface area (Å²) < 4.78 is 0. The number of hydrogen-bond donors (Lipinski definition) is 3. The average molecular weight is 380 g/mol. The molecule has 2 aromatic carbocycles. The van der Waals surface area contributed by atoms with Crippen LogP contribution in [0.4, 0.5) is 21.3 Å². The quantitative estimate of drug-likeness (QED) is 0.598. The first kappa shape index (κ1) is 18.6. The van der Waals surface area contributed by atoms with E-state index < -0.39 is 6.03 Å². The minimum atomic E-state index is -0.406. The molecule has 0 saturated heterocycles. The average Bonchev–Trinajstić information content (AvgIpc) is 2.99. The van der Waals surface area contributed by atoms with E-state index in [1.54, 1.807) is 19.1 Å². The Balaban J connectivity index is 1.69. The molecule has 0 aliphatic heterocycles. The highest BCUT2D eigenvalue weighted by molar-refractivity contribution is 7.17. The van der Waals surface area contributed by atoms with Crippen molar-refractivity contribution >= 4 is 39.8 Å². The Kier molecular flexibility index (Phi) is 5.52. The molecule has 3 N–H and O–H groups in total. The number of carbonyl (C=O) groups is 2. The highest BCUT2D eigenvalue weighted by Crippen LogP contribution is 2.25. The monoisotopic (exact) mass is 380 g/mol. The van der Waals surface area contributed by atoms with Crippen LogP contribution in [0.5, 0.6) is 0 Å². The molecule has 0 aliphatic carbocycles. The van der Waals surface area contributed by atoms with Crippen LogP contribution in [-0.2, 0) is 0 Å². The predicted molar refractivity (Wildman–Crippen MR) is 110 cm³/mol. The fraction of sp³-hybridized carbons (Fsp3) is 0.150. The molecular weight excluding hydrogens is 360 g/mol. The van der Waals surface area contributed by atoms with Crippen LogP contribution in [0.2, 0.25) is 0 Å². The Morgan fingerprint density at radius 3 is 2.41 bits per heavy atom. The van der Waals surface area contributed by atoms with Crippen molar-refractivity contribution in [2.75, 3.05) is 16.0 Å². The number of thiazole rings is 1. The van der Waals surface area contributed by atoms with Gasteiger partial charge in [0.15, 0.2) is 5.13 Å². The van der Waals surface area contributed by atoms with Gasteiger partial charge >= 0.3 is 6.03 Å². The summed E-state index contributed by atoms with van der Waals surface area (Å²) in [4.78, 5) is 29.5. The minimum absolute atomic E-state index is 0.241. The van der Waals surface area contributed by atoms with Gasteiger partial charge in [0.05, 0.1) is 5.69 Å². The maximum atomic E-state index is 12.6. The number of nitrogens with zero attached hydrogens (tertiary/aromatic N) is 1. The number of aromatic nitrogens is 1. The number of benzene rings is 2. The molecule has 0 bridgehead atoms. The number of anilines is 3. The van der Waals surface area contributed by atoms with Gasteiger partial charge in [-0.25, -0.2) is 9.78 Å². The Morgan fingerprint density at radius 1 is 0.926 bits per heavy atom. The number of aryl methyl sites for hydroxylation is 3. The SMILES string of the molecule is Cc1ccc(C)c(NC(=O)c2sc(NC(=O)Nc3ccccc3)nc2C)c1. The zero-order valence-electron chi connectivity index (χ0n) is 15.3. The van der Waals surface area contributed by atoms with Gasteiger partial charge in [-0.1, -0.05) is 41.7 Å². The third-order valence-electron chi connectivity index (χ3n) is 3.90. The highest BCUT2D eigenvalue weighted by Gasteiger charge is 2.17. The van der Waals surface area contributed by atoms with Crippen molar-refractivity contribution in [2.45, 2.75) is 20.8 Å². The van der Waals surface area contributed by atoms with E-state index in [1.807, 2.05) is 50.2 Å². The van der Waals surface area contributed by atoms with Crippen LogP contribution in [0.1, 0.15) is 26.5 Å². The van der Waals surface area contributed by atoms with Crippen molar-refractivity contribution in [3.63, 3.8) is 0 Å². The van der Waals surface area contributed by atoms with E-state index in [1.165, 1.54) is 0 Å². The second kappa shape index (κ2) is 8.01. The Morgan fingerprint density at radius 2 is 1.67 bits per heavy atom. The van der Waals surface area contributed by atoms with Crippen molar-refractivity contribution in [1.29, 1.82) is 0 Å². The molecular formula is C20H20N4O2S. The van der Waals surface area contributed by atoms with Crippen molar-refractivity contribution < 1.29 is 9.59 Å². The second-order valence-corrected chi connectivity index (χ2v) is 7.15. The summed E-state index contributed by atoms with van der Waals surface area (Å²) in [5.41, 5.74) is 4.06. The number of carbonyl (C=O) groups excluding carboxylic acids is 2. The lowest BCUT2D eigenvalue weighted by Crippen LogP contribution is -2.19. The van der Waals surface area contributed by atoms with Crippen LogP contribution in [-0.4, -0.2) is 16.9 Å². The van der Waals surface area contributed by atoms with Crippen LogP contribution < -0.4 is 16.0 Å². The van der Waals surface area contributed by atoms with Gasteiger partial charge in [-0.2, -0.15) is 0 Å². The highest BCUT2D eigenvalue weighted by atomic mass is 32.1. The first-order chi connectivity index (χ1) is 12.9. The summed E-state index contributed by atoms with van der Waals surface area (Å²) in [6, 6.07) is 14.6. The van der Waals surface area contributed by atoms with Gasteiger partial charge in [-0.15, -0.1) is 0 Å². The molecule has 0 atom stereocenters. The van der Waals surface area contributed by atoms with Crippen LogP contribution in [0.3, 0.4) is 0 Å². The number of urea groups is 1. The van der Waals surface area contributed by atoms with Crippen molar-refractivity contribution in [1.82, 2.24) is 4.98 Å². The fourth-order valence-electron chi connectivity index (χ4n) is 2.49. The molecule has 0 radical (unpaired) electrons. The first-order valence-electron chi connectivity index (χ1n) is 8.41. The summed E-state index contributed by atoms with van der Waals surface area (Å²) in [6.07, 6.45) is 0. The summed E-state index contributed by atoms with van der Waals surface area (Å²) >= 11 is 1.14. The maximum Gasteiger partial charge on any atom is 0.325 e. The van der Waals surface area contributed by atoms with Crippen LogP contribution in [0.25, 0.3) is 0 Å². The Hall–Kier alpha value is -3.19. The van der Waals surface area contributed by atoms with Gasteiger partial charge in [0.2, 0.25) is 0 Å². The molecule has 0 saturated carbocycles. The largest absolute Gasteiger partial charge is 0.325 e. The smallest absolute Gasteiger partial charge is 0.321 e. The maximum absolute atomic E-state index is 12.6. The third kappa shape index (κ3) is 4.71. The van der Waals surface area contributed by atoms with Gasteiger partial charge in [0.1, 0.15) is 4.88 Å². The number of nitrogens with one attached hydrogen (secondary N) is 3. The van der Waals surface area contributed by atoms with Crippen LogP contribution >= 0.6 is 11.3 Å². The molecule has 0 fully saturated rings. The molecule has 138 valence electrons. The van der Waals surface area contributed by atoms with Crippen molar-refractivity contribution in [3.8, 4) is 0 Å². The molecule has 3 rings (SSSR count). The fourth-order valence-corrected chi connectivity index (χ4v) is 3.35. The van der Waals surface area contributed by atoms with Gasteiger partial charge in [0, 0.05) is 11.4 Å². The standard InChI is InChI=1S/C20H20N4O2S/c1-12-9-10-13(2)16(11-12)23-18(25)17-14(3)21-20(27-17)24-19(26)22-15-7-5-4-6-8-15/h4-11H,1-3H3,(H,23,25)(H2,21,22,24,26). The molecule has 7 heteroatoms. The number of hydrogen-bond acceptors (Lipinski definition) is 4. The summed E-state index contributed by atoms with van der Waals surface area (Å²) in [6.45, 7) is 5.66. The predicted octanol–water partition coefficient (Wildman–Crippen LogP) is 4.96. The van der Waals surface area contributed by atoms with Gasteiger partial charge in [0.25, 0.3) is 5.91 Å². The summed E-state index contributed by atoms with van der Waals surface area (Å²) in [5.74, 6) is -0.241. The minimum Gasteiger partial charge on any atom is -0.321 e. The van der Waals surface area contributed by atoms with Gasteiger partial charge in [-0.05, 0) is 50.1 Å². The summed E-state index contributed by atoms with van der Waals surface area (Å²) in [5, 5.41) is 8.67. The molecule has 3 aromatic rings. The van der Waals surface area contributed by atoms with Crippen LogP contribution in [0.15, 0.2) is 48.5 Å². The topological polar surface area (TPSA) is 83.1 Å². The lowest BCUT2D eigenvalue weighted by molar-refractivity contribution is 0.102. The zero-order valence-corrected chi connectivity index (χ0v) is 16.1. The lowest BCUT2D eigenvalue weighted by atomic mass is 10.1. The van der Waals surface area contributed by atoms with Crippen LogP contribution in [0, 0.1) is 20.8 Å². The number of amides is 3. The molecule has 27 heavy (non-hydrogen) atoms. The molecule has 0 unspecified atom stereocenters. The van der Waals surface area contributed by atoms with E-state index >= 15 is 0 Å². The van der Waals surface area contributed by atoms with E-state index in [2.05, 4.69) is 20.9 Å². The molecule has 1 heterocycles. The molecule has 0 aliphatic rings. The van der Waals surface area contributed by atoms with E-state index in [0.29, 0.717) is 21.4 Å². The Bertz CT molecular complexity index is 983. The van der Waals surface area contributed by atoms with E-state index in [9.17, 15) is 9.59 Å². The first-order valence-corrected chi connectivity index (χ1v) is 9.23. The second-order valence-electron chi connectivity index (χ2n) is 6.15. The van der Waals surface area contributed by atoms with E-state index in [4.69, 9.17) is 0 Å². The van der Waals surface area contributed by atoms with Gasteiger partial charge in [-0.3, -0.25) is 10.1 Å².